The summed E-state index contributed by atoms with van der Waals surface area (Å²) in [7, 11) is -4.39. The fraction of sp³-hybridized carbons (Fsp3) is 0.917. The predicted octanol–water partition coefficient (Wildman–Crippen LogP) is 3.65. The molecule has 0 aliphatic carbocycles. The Hall–Kier alpha value is -1.14. The Kier molecular flexibility index (Phi) is 7.27. The highest BCUT2D eigenvalue weighted by Crippen LogP contribution is 2.42. The van der Waals surface area contributed by atoms with Crippen molar-refractivity contribution in [2.75, 3.05) is 12.9 Å². The zero-order valence-corrected chi connectivity index (χ0v) is 13.9. The summed E-state index contributed by atoms with van der Waals surface area (Å²) in [5.41, 5.74) is 0. The second-order valence-electron chi connectivity index (χ2n) is 5.23. The first kappa shape index (κ1) is 23.9. The number of alkyl halides is 8. The van der Waals surface area contributed by atoms with Gasteiger partial charge in [0.1, 0.15) is 0 Å². The number of carbonyl (C=O) groups is 1. The summed E-state index contributed by atoms with van der Waals surface area (Å²) in [6.45, 7) is 0.966. The Bertz CT molecular complexity index is 567. The van der Waals surface area contributed by atoms with Crippen LogP contribution in [-0.4, -0.2) is 50.3 Å². The van der Waals surface area contributed by atoms with Gasteiger partial charge >= 0.3 is 24.2 Å². The second kappa shape index (κ2) is 7.62. The highest BCUT2D eigenvalue weighted by molar-refractivity contribution is 7.93. The van der Waals surface area contributed by atoms with Crippen LogP contribution in [0.4, 0.5) is 35.1 Å². The summed E-state index contributed by atoms with van der Waals surface area (Å²) in [5, 5.41) is 0. The van der Waals surface area contributed by atoms with E-state index in [2.05, 4.69) is 4.74 Å². The molecule has 0 radical (unpaired) electrons. The maximum atomic E-state index is 13.1. The van der Waals surface area contributed by atoms with Crippen LogP contribution in [-0.2, 0) is 19.4 Å². The molecular weight excluding hydrogens is 392 g/mol. The van der Waals surface area contributed by atoms with Crippen molar-refractivity contribution in [3.63, 3.8) is 0 Å². The number of halogens is 8. The molecule has 0 amide bonds. The molecule has 0 spiro atoms. The van der Waals surface area contributed by atoms with Crippen LogP contribution in [0.3, 0.4) is 0 Å². The van der Waals surface area contributed by atoms with Gasteiger partial charge in [0.15, 0.2) is 14.6 Å². The van der Waals surface area contributed by atoms with Crippen molar-refractivity contribution in [3.8, 4) is 0 Å². The molecule has 0 N–H and O–H groups in total. The number of carbonyl (C=O) groups excluding carboxylic acids is 1. The Balaban J connectivity index is 5.79. The van der Waals surface area contributed by atoms with Crippen LogP contribution < -0.4 is 0 Å². The number of esters is 1. The van der Waals surface area contributed by atoms with Gasteiger partial charge in [-0.05, 0) is 12.8 Å². The zero-order valence-electron chi connectivity index (χ0n) is 13.1. The highest BCUT2D eigenvalue weighted by Gasteiger charge is 2.60. The summed E-state index contributed by atoms with van der Waals surface area (Å²) in [6, 6.07) is 0. The number of rotatable bonds is 8. The maximum Gasteiger partial charge on any atom is 0.453 e. The van der Waals surface area contributed by atoms with Gasteiger partial charge in [0.25, 0.3) is 0 Å². The average molecular weight is 408 g/mol. The lowest BCUT2D eigenvalue weighted by Gasteiger charge is -2.31. The van der Waals surface area contributed by atoms with Gasteiger partial charge in [0.05, 0.1) is 19.3 Å². The fourth-order valence-electron chi connectivity index (χ4n) is 2.06. The maximum absolute atomic E-state index is 13.1. The molecule has 13 heteroatoms. The summed E-state index contributed by atoms with van der Waals surface area (Å²) in [4.78, 5) is 11.8. The van der Waals surface area contributed by atoms with E-state index in [1.54, 1.807) is 0 Å². The molecule has 0 aromatic heterocycles. The Labute approximate surface area is 138 Å². The molecule has 0 saturated heterocycles. The van der Waals surface area contributed by atoms with Gasteiger partial charge in [-0.2, -0.15) is 35.1 Å². The van der Waals surface area contributed by atoms with E-state index < -0.39 is 70.3 Å². The molecule has 0 fully saturated rings. The van der Waals surface area contributed by atoms with Gasteiger partial charge < -0.3 is 4.74 Å². The van der Waals surface area contributed by atoms with Crippen molar-refractivity contribution in [3.05, 3.63) is 0 Å². The SMILES string of the molecule is CCC(CCC(F)(F)C(F)(F)F)(C(=O)OC)S(=O)(=O)CCC(F)(F)F. The van der Waals surface area contributed by atoms with Crippen LogP contribution in [0.1, 0.15) is 32.6 Å². The number of hydrogen-bond acceptors (Lipinski definition) is 4. The molecule has 0 aliphatic rings. The Morgan fingerprint density at radius 1 is 0.920 bits per heavy atom. The quantitative estimate of drug-likeness (QED) is 0.455. The van der Waals surface area contributed by atoms with Crippen molar-refractivity contribution in [1.29, 1.82) is 0 Å². The fourth-order valence-corrected chi connectivity index (χ4v) is 4.14. The van der Waals surface area contributed by atoms with E-state index in [4.69, 9.17) is 0 Å². The van der Waals surface area contributed by atoms with Gasteiger partial charge in [0, 0.05) is 6.42 Å². The van der Waals surface area contributed by atoms with E-state index in [0.29, 0.717) is 7.11 Å². The molecule has 1 unspecified atom stereocenters. The third kappa shape index (κ3) is 5.68. The lowest BCUT2D eigenvalue weighted by atomic mass is 9.96. The molecule has 0 aromatic carbocycles. The predicted molar refractivity (Wildman–Crippen MR) is 69.7 cm³/mol. The minimum atomic E-state index is -6.00. The van der Waals surface area contributed by atoms with Gasteiger partial charge in [-0.3, -0.25) is 4.79 Å². The summed E-state index contributed by atoms with van der Waals surface area (Å²) >= 11 is 0. The van der Waals surface area contributed by atoms with Crippen LogP contribution >= 0.6 is 0 Å². The average Bonchev–Trinajstić information content (AvgIpc) is 2.43. The van der Waals surface area contributed by atoms with Gasteiger partial charge in [0.2, 0.25) is 0 Å². The first-order chi connectivity index (χ1) is 11.0. The van der Waals surface area contributed by atoms with Crippen molar-refractivity contribution in [2.45, 2.75) is 55.6 Å². The van der Waals surface area contributed by atoms with E-state index in [-0.39, 0.29) is 0 Å². The normalized spacial score (nSPS) is 16.4. The number of hydrogen-bond donors (Lipinski definition) is 0. The van der Waals surface area contributed by atoms with Gasteiger partial charge in [-0.25, -0.2) is 8.42 Å². The van der Waals surface area contributed by atoms with E-state index in [1.165, 1.54) is 0 Å². The lowest BCUT2D eigenvalue weighted by molar-refractivity contribution is -0.285. The largest absolute Gasteiger partial charge is 0.468 e. The van der Waals surface area contributed by atoms with Crippen molar-refractivity contribution >= 4 is 15.8 Å². The Morgan fingerprint density at radius 2 is 1.40 bits per heavy atom. The Morgan fingerprint density at radius 3 is 1.72 bits per heavy atom. The van der Waals surface area contributed by atoms with Gasteiger partial charge in [-0.15, -0.1) is 0 Å². The molecule has 0 aromatic rings. The number of sulfone groups is 1. The van der Waals surface area contributed by atoms with E-state index in [9.17, 15) is 48.3 Å². The summed E-state index contributed by atoms with van der Waals surface area (Å²) < 4.78 is 125. The summed E-state index contributed by atoms with van der Waals surface area (Å²) in [6.07, 6.45) is -17.3. The molecule has 4 nitrogen and oxygen atoms in total. The van der Waals surface area contributed by atoms with E-state index in [1.807, 2.05) is 0 Å². The minimum absolute atomic E-state index is 0.647. The molecule has 0 saturated carbocycles. The van der Waals surface area contributed by atoms with Crippen molar-refractivity contribution in [1.82, 2.24) is 0 Å². The van der Waals surface area contributed by atoms with Crippen LogP contribution in [0.25, 0.3) is 0 Å². The standard InChI is InChI=1S/C12H16F8O4S/c1-3-9(8(21)24-2,4-5-10(13,14)12(18,19)20)25(22,23)7-6-11(15,16)17/h3-7H2,1-2H3. The van der Waals surface area contributed by atoms with Gasteiger partial charge in [-0.1, -0.05) is 6.92 Å². The minimum Gasteiger partial charge on any atom is -0.468 e. The first-order valence-corrected chi connectivity index (χ1v) is 8.43. The molecule has 150 valence electrons. The first-order valence-electron chi connectivity index (χ1n) is 6.78. The molecule has 25 heavy (non-hydrogen) atoms. The molecule has 0 rings (SSSR count). The van der Waals surface area contributed by atoms with Crippen molar-refractivity contribution in [2.24, 2.45) is 0 Å². The van der Waals surface area contributed by atoms with Crippen LogP contribution in [0.2, 0.25) is 0 Å². The van der Waals surface area contributed by atoms with Crippen LogP contribution in [0.15, 0.2) is 0 Å². The third-order valence-corrected chi connectivity index (χ3v) is 6.23. The lowest BCUT2D eigenvalue weighted by Crippen LogP contribution is -2.50. The van der Waals surface area contributed by atoms with Crippen LogP contribution in [0, 0.1) is 0 Å². The molecule has 0 heterocycles. The smallest absolute Gasteiger partial charge is 0.453 e. The van der Waals surface area contributed by atoms with E-state index >= 15 is 0 Å². The van der Waals surface area contributed by atoms with E-state index in [0.717, 1.165) is 6.92 Å². The van der Waals surface area contributed by atoms with Crippen LogP contribution in [0.5, 0.6) is 0 Å². The monoisotopic (exact) mass is 408 g/mol. The third-order valence-electron chi connectivity index (χ3n) is 3.64. The number of methoxy groups -OCH3 is 1. The number of ether oxygens (including phenoxy) is 1. The molecular formula is C12H16F8O4S. The summed E-state index contributed by atoms with van der Waals surface area (Å²) in [5.74, 6) is -8.65. The molecule has 0 bridgehead atoms. The second-order valence-corrected chi connectivity index (χ2v) is 7.64. The molecule has 1 atom stereocenters. The van der Waals surface area contributed by atoms with Crippen molar-refractivity contribution < 1.29 is 53.1 Å². The topological polar surface area (TPSA) is 60.4 Å². The molecule has 0 aliphatic heterocycles. The highest BCUT2D eigenvalue weighted by atomic mass is 32.2. The zero-order chi connectivity index (χ0) is 20.3.